The van der Waals surface area contributed by atoms with Crippen LogP contribution in [0.15, 0.2) is 28.7 Å². The molecular weight excluding hydrogens is 280 g/mol. The van der Waals surface area contributed by atoms with Crippen molar-refractivity contribution in [1.29, 1.82) is 0 Å². The lowest BCUT2D eigenvalue weighted by atomic mass is 9.84. The normalized spacial score (nSPS) is 27.0. The second kappa shape index (κ2) is 5.32. The highest BCUT2D eigenvalue weighted by molar-refractivity contribution is 5.97. The van der Waals surface area contributed by atoms with Gasteiger partial charge in [-0.15, -0.1) is 0 Å². The number of nitrogens with one attached hydrogen (secondary N) is 1. The van der Waals surface area contributed by atoms with Gasteiger partial charge in [0.15, 0.2) is 17.1 Å². The van der Waals surface area contributed by atoms with Crippen LogP contribution in [0.2, 0.25) is 0 Å². The molecule has 0 saturated carbocycles. The molecule has 1 amide bonds. The number of para-hydroxylation sites is 1. The Morgan fingerprint density at radius 2 is 2.18 bits per heavy atom. The summed E-state index contributed by atoms with van der Waals surface area (Å²) < 4.78 is 11.0. The van der Waals surface area contributed by atoms with Crippen molar-refractivity contribution in [1.82, 2.24) is 10.2 Å². The predicted molar refractivity (Wildman–Crippen MR) is 83.2 cm³/mol. The van der Waals surface area contributed by atoms with E-state index in [1.54, 1.807) is 13.2 Å². The number of carbonyl (C=O) groups excluding carboxylic acids is 1. The number of hydrogen-bond acceptors (Lipinski definition) is 4. The lowest BCUT2D eigenvalue weighted by Gasteiger charge is -2.44. The molecule has 1 aromatic carbocycles. The Morgan fingerprint density at radius 3 is 2.86 bits per heavy atom. The van der Waals surface area contributed by atoms with Crippen molar-refractivity contribution in [2.75, 3.05) is 26.7 Å². The zero-order valence-corrected chi connectivity index (χ0v) is 12.7. The Balaban J connectivity index is 1.55. The van der Waals surface area contributed by atoms with Crippen LogP contribution in [0, 0.1) is 5.92 Å². The maximum atomic E-state index is 12.5. The third-order valence-electron chi connectivity index (χ3n) is 4.92. The van der Waals surface area contributed by atoms with Gasteiger partial charge in [-0.2, -0.15) is 0 Å². The summed E-state index contributed by atoms with van der Waals surface area (Å²) in [5.41, 5.74) is 0.629. The summed E-state index contributed by atoms with van der Waals surface area (Å²) in [4.78, 5) is 14.9. The number of nitrogens with zero attached hydrogens (tertiary/aromatic N) is 1. The van der Waals surface area contributed by atoms with Crippen molar-refractivity contribution < 1.29 is 13.9 Å². The van der Waals surface area contributed by atoms with Crippen molar-refractivity contribution in [3.63, 3.8) is 0 Å². The SMILES string of the molecule is COc1cccc2cc(C(=O)N[C@@H]3CN4CCC3CC4)oc12. The molecule has 5 nitrogen and oxygen atoms in total. The highest BCUT2D eigenvalue weighted by Gasteiger charge is 2.35. The quantitative estimate of drug-likeness (QED) is 0.945. The van der Waals surface area contributed by atoms with Gasteiger partial charge in [-0.3, -0.25) is 4.79 Å². The molecule has 5 heteroatoms. The number of ether oxygens (including phenoxy) is 1. The molecule has 0 aliphatic carbocycles. The zero-order chi connectivity index (χ0) is 15.1. The number of furan rings is 1. The number of benzene rings is 1. The van der Waals surface area contributed by atoms with E-state index in [1.807, 2.05) is 18.2 Å². The van der Waals surface area contributed by atoms with Gasteiger partial charge in [0.25, 0.3) is 5.91 Å². The van der Waals surface area contributed by atoms with Crippen molar-refractivity contribution >= 4 is 16.9 Å². The number of hydrogen-bond donors (Lipinski definition) is 1. The van der Waals surface area contributed by atoms with Gasteiger partial charge in [-0.25, -0.2) is 0 Å². The molecule has 1 N–H and O–H groups in total. The van der Waals surface area contributed by atoms with E-state index >= 15 is 0 Å². The first kappa shape index (κ1) is 13.6. The van der Waals surface area contributed by atoms with E-state index in [4.69, 9.17) is 9.15 Å². The number of methoxy groups -OCH3 is 1. The van der Waals surface area contributed by atoms with Crippen molar-refractivity contribution in [2.24, 2.45) is 5.92 Å². The Morgan fingerprint density at radius 1 is 1.36 bits per heavy atom. The van der Waals surface area contributed by atoms with Gasteiger partial charge in [0.1, 0.15) is 0 Å². The number of rotatable bonds is 3. The summed E-state index contributed by atoms with van der Waals surface area (Å²) in [7, 11) is 1.60. The van der Waals surface area contributed by atoms with E-state index in [9.17, 15) is 4.79 Å². The Kier molecular flexibility index (Phi) is 3.30. The molecule has 0 radical (unpaired) electrons. The largest absolute Gasteiger partial charge is 0.493 e. The number of carbonyl (C=O) groups is 1. The lowest BCUT2D eigenvalue weighted by molar-refractivity contribution is 0.0607. The molecule has 3 fully saturated rings. The highest BCUT2D eigenvalue weighted by Crippen LogP contribution is 2.30. The van der Waals surface area contributed by atoms with E-state index < -0.39 is 0 Å². The van der Waals surface area contributed by atoms with Crippen LogP contribution < -0.4 is 10.1 Å². The van der Waals surface area contributed by atoms with E-state index in [0.717, 1.165) is 11.9 Å². The minimum atomic E-state index is -0.128. The number of piperidine rings is 3. The highest BCUT2D eigenvalue weighted by atomic mass is 16.5. The summed E-state index contributed by atoms with van der Waals surface area (Å²) in [6, 6.07) is 7.68. The van der Waals surface area contributed by atoms with Crippen molar-refractivity contribution in [3.05, 3.63) is 30.0 Å². The van der Waals surface area contributed by atoms with Gasteiger partial charge in [-0.05, 0) is 44.0 Å². The van der Waals surface area contributed by atoms with Gasteiger partial charge in [0.2, 0.25) is 0 Å². The van der Waals surface area contributed by atoms with E-state index in [-0.39, 0.29) is 11.9 Å². The van der Waals surface area contributed by atoms with E-state index in [1.165, 1.54) is 25.9 Å². The average Bonchev–Trinajstić information content (AvgIpc) is 3.00. The van der Waals surface area contributed by atoms with E-state index in [0.29, 0.717) is 23.0 Å². The fraction of sp³-hybridized carbons (Fsp3) is 0.471. The summed E-state index contributed by atoms with van der Waals surface area (Å²) in [6.45, 7) is 3.29. The minimum absolute atomic E-state index is 0.128. The van der Waals surface area contributed by atoms with Crippen LogP contribution in [0.3, 0.4) is 0 Å². The molecule has 1 aromatic heterocycles. The summed E-state index contributed by atoms with van der Waals surface area (Å²) >= 11 is 0. The Labute approximate surface area is 129 Å². The Bertz CT molecular complexity index is 701. The molecule has 3 aliphatic rings. The lowest BCUT2D eigenvalue weighted by Crippen LogP contribution is -2.57. The molecule has 1 atom stereocenters. The monoisotopic (exact) mass is 300 g/mol. The van der Waals surface area contributed by atoms with Gasteiger partial charge in [-0.1, -0.05) is 12.1 Å². The molecular formula is C17H20N2O3. The topological polar surface area (TPSA) is 54.7 Å². The van der Waals surface area contributed by atoms with Gasteiger partial charge < -0.3 is 19.4 Å². The molecule has 3 saturated heterocycles. The molecule has 5 rings (SSSR count). The molecule has 0 unspecified atom stereocenters. The standard InChI is InChI=1S/C17H20N2O3/c1-21-14-4-2-3-12-9-15(22-16(12)14)17(20)18-13-10-19-7-5-11(13)6-8-19/h2-4,9,11,13H,5-8,10H2,1H3,(H,18,20)/t13-/m1/s1. The molecule has 2 aromatic rings. The van der Waals surface area contributed by atoms with Crippen LogP contribution in [-0.4, -0.2) is 43.6 Å². The molecule has 4 heterocycles. The fourth-order valence-electron chi connectivity index (χ4n) is 3.68. The van der Waals surface area contributed by atoms with Crippen LogP contribution in [0.4, 0.5) is 0 Å². The zero-order valence-electron chi connectivity index (χ0n) is 12.7. The van der Waals surface area contributed by atoms with Crippen LogP contribution in [0.5, 0.6) is 5.75 Å². The maximum Gasteiger partial charge on any atom is 0.287 e. The molecule has 2 bridgehead atoms. The second-order valence-electron chi connectivity index (χ2n) is 6.21. The fourth-order valence-corrected chi connectivity index (χ4v) is 3.68. The van der Waals surface area contributed by atoms with Gasteiger partial charge >= 0.3 is 0 Å². The Hall–Kier alpha value is -2.01. The summed E-state index contributed by atoms with van der Waals surface area (Å²) in [5, 5.41) is 4.04. The van der Waals surface area contributed by atoms with Gasteiger partial charge in [0.05, 0.1) is 7.11 Å². The predicted octanol–water partition coefficient (Wildman–Crippen LogP) is 2.27. The minimum Gasteiger partial charge on any atom is -0.493 e. The molecule has 116 valence electrons. The summed E-state index contributed by atoms with van der Waals surface area (Å²) in [5.74, 6) is 1.49. The third kappa shape index (κ3) is 2.25. The van der Waals surface area contributed by atoms with Gasteiger partial charge in [0, 0.05) is 18.0 Å². The van der Waals surface area contributed by atoms with Crippen LogP contribution >= 0.6 is 0 Å². The van der Waals surface area contributed by atoms with Crippen molar-refractivity contribution in [2.45, 2.75) is 18.9 Å². The molecule has 0 spiro atoms. The number of amides is 1. The van der Waals surface area contributed by atoms with Crippen LogP contribution in [0.25, 0.3) is 11.0 Å². The third-order valence-corrected chi connectivity index (χ3v) is 4.92. The first-order chi connectivity index (χ1) is 10.7. The number of fused-ring (bicyclic) bond motifs is 4. The molecule has 3 aliphatic heterocycles. The maximum absolute atomic E-state index is 12.5. The smallest absolute Gasteiger partial charge is 0.287 e. The molecule has 22 heavy (non-hydrogen) atoms. The second-order valence-corrected chi connectivity index (χ2v) is 6.21. The van der Waals surface area contributed by atoms with Crippen molar-refractivity contribution in [3.8, 4) is 5.75 Å². The average molecular weight is 300 g/mol. The first-order valence-corrected chi connectivity index (χ1v) is 7.84. The first-order valence-electron chi connectivity index (χ1n) is 7.84. The summed E-state index contributed by atoms with van der Waals surface area (Å²) in [6.07, 6.45) is 2.36. The van der Waals surface area contributed by atoms with E-state index in [2.05, 4.69) is 10.2 Å². The van der Waals surface area contributed by atoms with Crippen LogP contribution in [0.1, 0.15) is 23.4 Å². The van der Waals surface area contributed by atoms with Crippen LogP contribution in [-0.2, 0) is 0 Å².